The highest BCUT2D eigenvalue weighted by molar-refractivity contribution is 5.22. The summed E-state index contributed by atoms with van der Waals surface area (Å²) in [6, 6.07) is 0. The maximum atomic E-state index is 4.32. The molecule has 14 heavy (non-hydrogen) atoms. The minimum atomic E-state index is 0.984. The lowest BCUT2D eigenvalue weighted by Crippen LogP contribution is -2.43. The van der Waals surface area contributed by atoms with Crippen LogP contribution in [0.1, 0.15) is 17.0 Å². The summed E-state index contributed by atoms with van der Waals surface area (Å²) in [7, 11) is 0. The van der Waals surface area contributed by atoms with Crippen LogP contribution >= 0.6 is 0 Å². The fourth-order valence-electron chi connectivity index (χ4n) is 1.77. The van der Waals surface area contributed by atoms with Crippen molar-refractivity contribution in [2.24, 2.45) is 0 Å². The van der Waals surface area contributed by atoms with Crippen LogP contribution in [0.15, 0.2) is 0 Å². The number of nitrogens with zero attached hydrogens (tertiary/aromatic N) is 2. The first-order chi connectivity index (χ1) is 6.77. The standard InChI is InChI=1S/C10H18N4/c1-8-9(2)12-13-10(8)7-14-5-3-11-4-6-14/h11H,3-7H2,1-2H3,(H,12,13). The van der Waals surface area contributed by atoms with Crippen LogP contribution in [0.3, 0.4) is 0 Å². The van der Waals surface area contributed by atoms with Gasteiger partial charge in [-0.3, -0.25) is 10.00 Å². The van der Waals surface area contributed by atoms with Gasteiger partial charge in [-0.25, -0.2) is 0 Å². The largest absolute Gasteiger partial charge is 0.314 e. The van der Waals surface area contributed by atoms with Gasteiger partial charge in [-0.15, -0.1) is 0 Å². The van der Waals surface area contributed by atoms with Crippen LogP contribution in [-0.2, 0) is 6.54 Å². The number of H-pyrrole nitrogens is 1. The zero-order chi connectivity index (χ0) is 9.97. The van der Waals surface area contributed by atoms with Crippen molar-refractivity contribution in [3.05, 3.63) is 17.0 Å². The lowest BCUT2D eigenvalue weighted by Gasteiger charge is -2.26. The molecule has 1 aliphatic rings. The average molecular weight is 194 g/mol. The fourth-order valence-corrected chi connectivity index (χ4v) is 1.77. The predicted molar refractivity (Wildman–Crippen MR) is 56.2 cm³/mol. The molecule has 0 saturated carbocycles. The molecule has 1 saturated heterocycles. The molecule has 2 rings (SSSR count). The van der Waals surface area contributed by atoms with Crippen molar-refractivity contribution >= 4 is 0 Å². The lowest BCUT2D eigenvalue weighted by atomic mass is 10.2. The molecule has 0 spiro atoms. The maximum absolute atomic E-state index is 4.32. The van der Waals surface area contributed by atoms with Crippen molar-refractivity contribution < 1.29 is 0 Å². The Morgan fingerprint density at radius 2 is 2.00 bits per heavy atom. The molecule has 4 nitrogen and oxygen atoms in total. The zero-order valence-corrected chi connectivity index (χ0v) is 8.93. The molecule has 2 heterocycles. The van der Waals surface area contributed by atoms with Crippen LogP contribution in [0, 0.1) is 13.8 Å². The summed E-state index contributed by atoms with van der Waals surface area (Å²) in [4.78, 5) is 2.44. The third kappa shape index (κ3) is 1.96. The van der Waals surface area contributed by atoms with Gasteiger partial charge in [0.1, 0.15) is 0 Å². The quantitative estimate of drug-likeness (QED) is 0.717. The normalized spacial score (nSPS) is 18.7. The van der Waals surface area contributed by atoms with E-state index >= 15 is 0 Å². The summed E-state index contributed by atoms with van der Waals surface area (Å²) in [5.74, 6) is 0. The van der Waals surface area contributed by atoms with Gasteiger partial charge in [0.25, 0.3) is 0 Å². The Bertz CT molecular complexity index is 299. The topological polar surface area (TPSA) is 44.0 Å². The van der Waals surface area contributed by atoms with Crippen LogP contribution in [0.5, 0.6) is 0 Å². The number of hydrogen-bond donors (Lipinski definition) is 2. The second kappa shape index (κ2) is 4.11. The third-order valence-corrected chi connectivity index (χ3v) is 2.94. The van der Waals surface area contributed by atoms with Crippen molar-refractivity contribution in [3.8, 4) is 0 Å². The van der Waals surface area contributed by atoms with Crippen LogP contribution in [0.2, 0.25) is 0 Å². The lowest BCUT2D eigenvalue weighted by molar-refractivity contribution is 0.230. The minimum absolute atomic E-state index is 0.984. The molecule has 0 radical (unpaired) electrons. The first-order valence-corrected chi connectivity index (χ1v) is 5.21. The van der Waals surface area contributed by atoms with Gasteiger partial charge >= 0.3 is 0 Å². The van der Waals surface area contributed by atoms with E-state index in [1.807, 2.05) is 0 Å². The number of nitrogens with one attached hydrogen (secondary N) is 2. The number of aromatic amines is 1. The van der Waals surface area contributed by atoms with Gasteiger partial charge in [-0.2, -0.15) is 5.10 Å². The van der Waals surface area contributed by atoms with Gasteiger partial charge in [0.15, 0.2) is 0 Å². The monoisotopic (exact) mass is 194 g/mol. The molecular weight excluding hydrogens is 176 g/mol. The van der Waals surface area contributed by atoms with Gasteiger partial charge in [-0.1, -0.05) is 0 Å². The molecule has 0 aliphatic carbocycles. The minimum Gasteiger partial charge on any atom is -0.314 e. The number of piperazine rings is 1. The van der Waals surface area contributed by atoms with Gasteiger partial charge in [0, 0.05) is 38.4 Å². The highest BCUT2D eigenvalue weighted by Crippen LogP contribution is 2.11. The summed E-state index contributed by atoms with van der Waals surface area (Å²) in [5, 5.41) is 10.7. The Morgan fingerprint density at radius 1 is 1.29 bits per heavy atom. The first kappa shape index (κ1) is 9.68. The predicted octanol–water partition coefficient (Wildman–Crippen LogP) is 0.432. The second-order valence-corrected chi connectivity index (χ2v) is 3.95. The smallest absolute Gasteiger partial charge is 0.0794 e. The summed E-state index contributed by atoms with van der Waals surface area (Å²) in [6.45, 7) is 9.65. The second-order valence-electron chi connectivity index (χ2n) is 3.95. The molecule has 0 amide bonds. The van der Waals surface area contributed by atoms with Crippen molar-refractivity contribution in [2.75, 3.05) is 26.2 Å². The number of hydrogen-bond acceptors (Lipinski definition) is 3. The molecule has 0 unspecified atom stereocenters. The Kier molecular flexibility index (Phi) is 2.84. The highest BCUT2D eigenvalue weighted by atomic mass is 15.2. The third-order valence-electron chi connectivity index (χ3n) is 2.94. The molecule has 1 aliphatic heterocycles. The van der Waals surface area contributed by atoms with E-state index in [1.165, 1.54) is 17.0 Å². The Hall–Kier alpha value is -0.870. The van der Waals surface area contributed by atoms with E-state index in [1.54, 1.807) is 0 Å². The van der Waals surface area contributed by atoms with E-state index in [0.29, 0.717) is 0 Å². The molecule has 2 N–H and O–H groups in total. The van der Waals surface area contributed by atoms with Crippen LogP contribution in [-0.4, -0.2) is 41.3 Å². The van der Waals surface area contributed by atoms with Gasteiger partial charge in [-0.05, 0) is 19.4 Å². The van der Waals surface area contributed by atoms with E-state index in [2.05, 4.69) is 34.3 Å². The van der Waals surface area contributed by atoms with Crippen molar-refractivity contribution in [2.45, 2.75) is 20.4 Å². The molecule has 1 aromatic rings. The summed E-state index contributed by atoms with van der Waals surface area (Å²) < 4.78 is 0. The zero-order valence-electron chi connectivity index (χ0n) is 8.93. The van der Waals surface area contributed by atoms with Crippen molar-refractivity contribution in [1.29, 1.82) is 0 Å². The van der Waals surface area contributed by atoms with E-state index in [0.717, 1.165) is 32.7 Å². The van der Waals surface area contributed by atoms with E-state index in [4.69, 9.17) is 0 Å². The Morgan fingerprint density at radius 3 is 2.57 bits per heavy atom. The summed E-state index contributed by atoms with van der Waals surface area (Å²) >= 11 is 0. The van der Waals surface area contributed by atoms with Gasteiger partial charge < -0.3 is 5.32 Å². The molecule has 0 aromatic carbocycles. The fraction of sp³-hybridized carbons (Fsp3) is 0.700. The Balaban J connectivity index is 1.99. The number of aryl methyl sites for hydroxylation is 1. The van der Waals surface area contributed by atoms with Crippen molar-refractivity contribution in [3.63, 3.8) is 0 Å². The molecule has 78 valence electrons. The van der Waals surface area contributed by atoms with E-state index in [-0.39, 0.29) is 0 Å². The van der Waals surface area contributed by atoms with Crippen LogP contribution < -0.4 is 5.32 Å². The van der Waals surface area contributed by atoms with Crippen molar-refractivity contribution in [1.82, 2.24) is 20.4 Å². The van der Waals surface area contributed by atoms with Crippen LogP contribution in [0.25, 0.3) is 0 Å². The molecule has 1 aromatic heterocycles. The van der Waals surface area contributed by atoms with E-state index in [9.17, 15) is 0 Å². The molecule has 0 atom stereocenters. The molecular formula is C10H18N4. The average Bonchev–Trinajstić information content (AvgIpc) is 2.52. The van der Waals surface area contributed by atoms with E-state index < -0.39 is 0 Å². The van der Waals surface area contributed by atoms with Gasteiger partial charge in [0.05, 0.1) is 5.69 Å². The molecule has 1 fully saturated rings. The first-order valence-electron chi connectivity index (χ1n) is 5.21. The molecule has 0 bridgehead atoms. The molecule has 4 heteroatoms. The maximum Gasteiger partial charge on any atom is 0.0794 e. The highest BCUT2D eigenvalue weighted by Gasteiger charge is 2.13. The van der Waals surface area contributed by atoms with Gasteiger partial charge in [0.2, 0.25) is 0 Å². The summed E-state index contributed by atoms with van der Waals surface area (Å²) in [6.07, 6.45) is 0. The number of aromatic nitrogens is 2. The van der Waals surface area contributed by atoms with Crippen LogP contribution in [0.4, 0.5) is 0 Å². The SMILES string of the molecule is Cc1[nH]nc(CN2CCNCC2)c1C. The summed E-state index contributed by atoms with van der Waals surface area (Å²) in [5.41, 5.74) is 3.70. The Labute approximate surface area is 84.7 Å². The number of rotatable bonds is 2.